The maximum absolute atomic E-state index is 13.0. The highest BCUT2D eigenvalue weighted by molar-refractivity contribution is 5.73. The molecule has 0 radical (unpaired) electrons. The van der Waals surface area contributed by atoms with E-state index in [1.165, 1.54) is 42.5 Å². The van der Waals surface area contributed by atoms with E-state index in [2.05, 4.69) is 0 Å². The normalized spacial score (nSPS) is 12.8. The lowest BCUT2D eigenvalue weighted by atomic mass is 9.97. The molecule has 0 heterocycles. The van der Waals surface area contributed by atoms with E-state index in [1.807, 2.05) is 0 Å². The topological polar surface area (TPSA) is 0 Å². The highest BCUT2D eigenvalue weighted by Gasteiger charge is 2.34. The first-order chi connectivity index (χ1) is 11.1. The SMILES string of the molecule is CCc1c(/C=C/c2ccccc2C(F)(F)F)cccc1C(F)(F)F. The summed E-state index contributed by atoms with van der Waals surface area (Å²) in [6, 6.07) is 8.60. The van der Waals surface area contributed by atoms with Crippen molar-refractivity contribution in [2.75, 3.05) is 0 Å². The van der Waals surface area contributed by atoms with Gasteiger partial charge in [-0.1, -0.05) is 49.4 Å². The van der Waals surface area contributed by atoms with Crippen molar-refractivity contribution in [2.45, 2.75) is 25.7 Å². The molecule has 2 aromatic carbocycles. The van der Waals surface area contributed by atoms with Gasteiger partial charge in [0.25, 0.3) is 0 Å². The molecule has 0 fully saturated rings. The third-order valence-electron chi connectivity index (χ3n) is 3.58. The molecule has 24 heavy (non-hydrogen) atoms. The van der Waals surface area contributed by atoms with Crippen LogP contribution in [0.25, 0.3) is 12.2 Å². The molecule has 2 aromatic rings. The van der Waals surface area contributed by atoms with Crippen LogP contribution in [-0.4, -0.2) is 0 Å². The van der Waals surface area contributed by atoms with E-state index in [4.69, 9.17) is 0 Å². The van der Waals surface area contributed by atoms with Crippen LogP contribution in [0.2, 0.25) is 0 Å². The van der Waals surface area contributed by atoms with Crippen molar-refractivity contribution in [1.29, 1.82) is 0 Å². The molecule has 0 saturated heterocycles. The Kier molecular flexibility index (Phi) is 5.06. The summed E-state index contributed by atoms with van der Waals surface area (Å²) in [5, 5.41) is 0. The van der Waals surface area contributed by atoms with Crippen molar-refractivity contribution < 1.29 is 26.3 Å². The van der Waals surface area contributed by atoms with Gasteiger partial charge >= 0.3 is 12.4 Å². The summed E-state index contributed by atoms with van der Waals surface area (Å²) < 4.78 is 78.0. The van der Waals surface area contributed by atoms with Crippen LogP contribution in [0.4, 0.5) is 26.3 Å². The van der Waals surface area contributed by atoms with Gasteiger partial charge in [0.05, 0.1) is 11.1 Å². The van der Waals surface area contributed by atoms with Crippen molar-refractivity contribution in [2.24, 2.45) is 0 Å². The molecule has 0 aliphatic heterocycles. The standard InChI is InChI=1S/C18H14F6/c1-2-14-12(7-5-9-16(14)18(22,23)24)10-11-13-6-3-4-8-15(13)17(19,20)21/h3-11H,2H2,1H3/b11-10+. The van der Waals surface area contributed by atoms with Gasteiger partial charge < -0.3 is 0 Å². The summed E-state index contributed by atoms with van der Waals surface area (Å²) in [4.78, 5) is 0. The highest BCUT2D eigenvalue weighted by atomic mass is 19.4. The van der Waals surface area contributed by atoms with E-state index in [9.17, 15) is 26.3 Å². The van der Waals surface area contributed by atoms with Gasteiger partial charge in [-0.15, -0.1) is 0 Å². The van der Waals surface area contributed by atoms with Crippen molar-refractivity contribution >= 4 is 12.2 Å². The molecule has 2 rings (SSSR count). The molecular formula is C18H14F6. The molecule has 0 aliphatic rings. The van der Waals surface area contributed by atoms with Crippen LogP contribution in [0.15, 0.2) is 42.5 Å². The van der Waals surface area contributed by atoms with E-state index >= 15 is 0 Å². The third kappa shape index (κ3) is 3.99. The minimum absolute atomic E-state index is 0.0609. The van der Waals surface area contributed by atoms with E-state index < -0.39 is 23.5 Å². The van der Waals surface area contributed by atoms with Crippen LogP contribution < -0.4 is 0 Å². The second-order valence-corrected chi connectivity index (χ2v) is 5.14. The Hall–Kier alpha value is -2.24. The Morgan fingerprint density at radius 1 is 0.708 bits per heavy atom. The lowest BCUT2D eigenvalue weighted by Gasteiger charge is -2.14. The first kappa shape index (κ1) is 18.1. The van der Waals surface area contributed by atoms with Gasteiger partial charge in [0.1, 0.15) is 0 Å². The van der Waals surface area contributed by atoms with Gasteiger partial charge in [-0.3, -0.25) is 0 Å². The maximum Gasteiger partial charge on any atom is 0.416 e. The second-order valence-electron chi connectivity index (χ2n) is 5.14. The monoisotopic (exact) mass is 344 g/mol. The number of rotatable bonds is 3. The Morgan fingerprint density at radius 3 is 1.79 bits per heavy atom. The van der Waals surface area contributed by atoms with Gasteiger partial charge in [0.15, 0.2) is 0 Å². The Balaban J connectivity index is 2.48. The van der Waals surface area contributed by atoms with E-state index in [-0.39, 0.29) is 23.1 Å². The van der Waals surface area contributed by atoms with Crippen molar-refractivity contribution in [3.05, 3.63) is 70.3 Å². The fourth-order valence-electron chi connectivity index (χ4n) is 2.50. The van der Waals surface area contributed by atoms with Crippen LogP contribution >= 0.6 is 0 Å². The molecule has 0 unspecified atom stereocenters. The van der Waals surface area contributed by atoms with Gasteiger partial charge in [0, 0.05) is 0 Å². The zero-order chi connectivity index (χ0) is 18.0. The highest BCUT2D eigenvalue weighted by Crippen LogP contribution is 2.35. The molecule has 0 amide bonds. The van der Waals surface area contributed by atoms with E-state index in [0.717, 1.165) is 12.1 Å². The summed E-state index contributed by atoms with van der Waals surface area (Å²) >= 11 is 0. The summed E-state index contributed by atoms with van der Waals surface area (Å²) in [5.74, 6) is 0. The Morgan fingerprint density at radius 2 is 1.21 bits per heavy atom. The molecular weight excluding hydrogens is 330 g/mol. The van der Waals surface area contributed by atoms with Gasteiger partial charge in [-0.2, -0.15) is 26.3 Å². The minimum Gasteiger partial charge on any atom is -0.166 e. The minimum atomic E-state index is -4.53. The lowest BCUT2D eigenvalue weighted by Crippen LogP contribution is -2.10. The molecule has 0 aliphatic carbocycles. The predicted octanol–water partition coefficient (Wildman–Crippen LogP) is 6.46. The van der Waals surface area contributed by atoms with Crippen LogP contribution in [-0.2, 0) is 18.8 Å². The summed E-state index contributed by atoms with van der Waals surface area (Å²) in [5.41, 5.74) is -1.37. The fraction of sp³-hybridized carbons (Fsp3) is 0.222. The second kappa shape index (κ2) is 6.71. The first-order valence-corrected chi connectivity index (χ1v) is 7.18. The number of hydrogen-bond acceptors (Lipinski definition) is 0. The smallest absolute Gasteiger partial charge is 0.166 e. The number of hydrogen-bond donors (Lipinski definition) is 0. The van der Waals surface area contributed by atoms with Gasteiger partial charge in [-0.05, 0) is 35.2 Å². The van der Waals surface area contributed by atoms with E-state index in [1.54, 1.807) is 6.92 Å². The molecule has 0 nitrogen and oxygen atoms in total. The number of benzene rings is 2. The predicted molar refractivity (Wildman–Crippen MR) is 81.2 cm³/mol. The average molecular weight is 344 g/mol. The molecule has 0 bridgehead atoms. The molecule has 6 heteroatoms. The zero-order valence-corrected chi connectivity index (χ0v) is 12.7. The molecule has 128 valence electrons. The van der Waals surface area contributed by atoms with Gasteiger partial charge in [-0.25, -0.2) is 0 Å². The molecule has 0 atom stereocenters. The summed E-state index contributed by atoms with van der Waals surface area (Å²) in [7, 11) is 0. The molecule has 0 aromatic heterocycles. The van der Waals surface area contributed by atoms with Crippen molar-refractivity contribution in [1.82, 2.24) is 0 Å². The maximum atomic E-state index is 13.0. The fourth-order valence-corrected chi connectivity index (χ4v) is 2.50. The third-order valence-corrected chi connectivity index (χ3v) is 3.58. The van der Waals surface area contributed by atoms with Gasteiger partial charge in [0.2, 0.25) is 0 Å². The molecule has 0 N–H and O–H groups in total. The first-order valence-electron chi connectivity index (χ1n) is 7.18. The van der Waals surface area contributed by atoms with E-state index in [0.29, 0.717) is 0 Å². The van der Waals surface area contributed by atoms with Crippen molar-refractivity contribution in [3.63, 3.8) is 0 Å². The lowest BCUT2D eigenvalue weighted by molar-refractivity contribution is -0.138. The zero-order valence-electron chi connectivity index (χ0n) is 12.7. The molecule has 0 spiro atoms. The summed E-state index contributed by atoms with van der Waals surface area (Å²) in [6.07, 6.45) is -6.42. The molecule has 0 saturated carbocycles. The van der Waals surface area contributed by atoms with Crippen LogP contribution in [0.5, 0.6) is 0 Å². The largest absolute Gasteiger partial charge is 0.416 e. The summed E-state index contributed by atoms with van der Waals surface area (Å²) in [6.45, 7) is 1.57. The average Bonchev–Trinajstić information content (AvgIpc) is 2.51. The van der Waals surface area contributed by atoms with Crippen LogP contribution in [0.1, 0.15) is 34.7 Å². The van der Waals surface area contributed by atoms with Crippen LogP contribution in [0.3, 0.4) is 0 Å². The Labute approximate surface area is 135 Å². The van der Waals surface area contributed by atoms with Crippen molar-refractivity contribution in [3.8, 4) is 0 Å². The number of halogens is 6. The Bertz CT molecular complexity index is 738. The quantitative estimate of drug-likeness (QED) is 0.443. The number of alkyl halides is 6. The van der Waals surface area contributed by atoms with Crippen LogP contribution in [0, 0.1) is 0 Å².